The largest absolute Gasteiger partial charge is 0.298 e. The molecule has 0 amide bonds. The smallest absolute Gasteiger partial charge is 0.163 e. The van der Waals surface area contributed by atoms with E-state index in [9.17, 15) is 8.78 Å². The van der Waals surface area contributed by atoms with Crippen LogP contribution in [0, 0.1) is 18.6 Å². The van der Waals surface area contributed by atoms with Crippen molar-refractivity contribution >= 4 is 0 Å². The lowest BCUT2D eigenvalue weighted by Crippen LogP contribution is -2.21. The van der Waals surface area contributed by atoms with Gasteiger partial charge in [0.15, 0.2) is 11.6 Å². The van der Waals surface area contributed by atoms with E-state index in [1.165, 1.54) is 0 Å². The Morgan fingerprint density at radius 3 is 2.95 bits per heavy atom. The highest BCUT2D eigenvalue weighted by Crippen LogP contribution is 2.26. The minimum Gasteiger partial charge on any atom is -0.298 e. The van der Waals surface area contributed by atoms with Gasteiger partial charge in [-0.05, 0) is 32.0 Å². The summed E-state index contributed by atoms with van der Waals surface area (Å²) in [6.07, 6.45) is 2.72. The summed E-state index contributed by atoms with van der Waals surface area (Å²) >= 11 is 0. The number of hydrogen-bond acceptors (Lipinski definition) is 3. The molecule has 1 aromatic heterocycles. The predicted octanol–water partition coefficient (Wildman–Crippen LogP) is 3.05. The van der Waals surface area contributed by atoms with Crippen LogP contribution in [0.15, 0.2) is 30.5 Å². The molecule has 2 heterocycles. The SMILES string of the molecule is Cc1ccnc([C@H]2CCN(Cc3cccc(F)c3F)C2)n1. The van der Waals surface area contributed by atoms with Gasteiger partial charge in [-0.25, -0.2) is 18.7 Å². The molecule has 1 aliphatic rings. The molecule has 0 saturated carbocycles. The first-order valence-corrected chi connectivity index (χ1v) is 7.08. The van der Waals surface area contributed by atoms with Crippen LogP contribution in [0.1, 0.15) is 29.4 Å². The van der Waals surface area contributed by atoms with Crippen molar-refractivity contribution in [3.63, 3.8) is 0 Å². The molecule has 110 valence electrons. The summed E-state index contributed by atoms with van der Waals surface area (Å²) in [4.78, 5) is 10.9. The Kier molecular flexibility index (Phi) is 3.92. The second-order valence-electron chi connectivity index (χ2n) is 5.49. The van der Waals surface area contributed by atoms with Crippen molar-refractivity contribution in [3.8, 4) is 0 Å². The fraction of sp³-hybridized carbons (Fsp3) is 0.375. The molecule has 1 aromatic carbocycles. The molecule has 1 saturated heterocycles. The van der Waals surface area contributed by atoms with Crippen LogP contribution in [0.3, 0.4) is 0 Å². The van der Waals surface area contributed by atoms with E-state index >= 15 is 0 Å². The van der Waals surface area contributed by atoms with Gasteiger partial charge in [0, 0.05) is 36.5 Å². The molecule has 0 bridgehead atoms. The molecule has 1 fully saturated rings. The van der Waals surface area contributed by atoms with Gasteiger partial charge in [-0.15, -0.1) is 0 Å². The van der Waals surface area contributed by atoms with Crippen LogP contribution in [0.2, 0.25) is 0 Å². The Hall–Kier alpha value is -1.88. The number of aryl methyl sites for hydroxylation is 1. The van der Waals surface area contributed by atoms with E-state index in [4.69, 9.17) is 0 Å². The number of halogens is 2. The zero-order valence-electron chi connectivity index (χ0n) is 11.9. The van der Waals surface area contributed by atoms with Crippen LogP contribution in [0.25, 0.3) is 0 Å². The molecule has 3 rings (SSSR count). The van der Waals surface area contributed by atoms with E-state index in [0.717, 1.165) is 37.1 Å². The van der Waals surface area contributed by atoms with Crippen molar-refractivity contribution < 1.29 is 8.78 Å². The van der Waals surface area contributed by atoms with Gasteiger partial charge >= 0.3 is 0 Å². The van der Waals surface area contributed by atoms with Gasteiger partial charge < -0.3 is 0 Å². The van der Waals surface area contributed by atoms with Crippen molar-refractivity contribution in [1.29, 1.82) is 0 Å². The second kappa shape index (κ2) is 5.85. The average Bonchev–Trinajstić information content (AvgIpc) is 2.93. The Labute approximate surface area is 122 Å². The standard InChI is InChI=1S/C16H17F2N3/c1-11-5-7-19-16(20-11)13-6-8-21(10-13)9-12-3-2-4-14(17)15(12)18/h2-5,7,13H,6,8-10H2,1H3/t13-/m0/s1. The van der Waals surface area contributed by atoms with Crippen LogP contribution in [-0.2, 0) is 6.54 Å². The maximum atomic E-state index is 13.7. The fourth-order valence-electron chi connectivity index (χ4n) is 2.76. The lowest BCUT2D eigenvalue weighted by Gasteiger charge is -2.16. The number of nitrogens with zero attached hydrogens (tertiary/aromatic N) is 3. The summed E-state index contributed by atoms with van der Waals surface area (Å²) in [7, 11) is 0. The lowest BCUT2D eigenvalue weighted by molar-refractivity contribution is 0.317. The van der Waals surface area contributed by atoms with Gasteiger partial charge in [0.25, 0.3) is 0 Å². The minimum absolute atomic E-state index is 0.265. The second-order valence-corrected chi connectivity index (χ2v) is 5.49. The number of hydrogen-bond donors (Lipinski definition) is 0. The molecular weight excluding hydrogens is 272 g/mol. The molecule has 2 aromatic rings. The van der Waals surface area contributed by atoms with Crippen LogP contribution in [0.4, 0.5) is 8.78 Å². The molecule has 5 heteroatoms. The first-order valence-electron chi connectivity index (χ1n) is 7.08. The summed E-state index contributed by atoms with van der Waals surface area (Å²) < 4.78 is 26.9. The van der Waals surface area contributed by atoms with Gasteiger partial charge in [-0.1, -0.05) is 12.1 Å². The predicted molar refractivity (Wildman–Crippen MR) is 75.8 cm³/mol. The first kappa shape index (κ1) is 14.1. The number of benzene rings is 1. The monoisotopic (exact) mass is 289 g/mol. The van der Waals surface area contributed by atoms with E-state index in [-0.39, 0.29) is 5.92 Å². The van der Waals surface area contributed by atoms with Gasteiger partial charge in [0.1, 0.15) is 5.82 Å². The topological polar surface area (TPSA) is 29.0 Å². The third-order valence-corrected chi connectivity index (χ3v) is 3.88. The lowest BCUT2D eigenvalue weighted by atomic mass is 10.1. The van der Waals surface area contributed by atoms with E-state index in [1.807, 2.05) is 13.0 Å². The quantitative estimate of drug-likeness (QED) is 0.869. The van der Waals surface area contributed by atoms with Crippen LogP contribution in [0.5, 0.6) is 0 Å². The third-order valence-electron chi connectivity index (χ3n) is 3.88. The van der Waals surface area contributed by atoms with Crippen LogP contribution in [-0.4, -0.2) is 28.0 Å². The van der Waals surface area contributed by atoms with Gasteiger partial charge in [-0.3, -0.25) is 4.90 Å². The molecule has 1 atom stereocenters. The van der Waals surface area contributed by atoms with E-state index in [0.29, 0.717) is 12.1 Å². The summed E-state index contributed by atoms with van der Waals surface area (Å²) in [6.45, 7) is 3.99. The highest BCUT2D eigenvalue weighted by atomic mass is 19.2. The molecule has 0 unspecified atom stereocenters. The summed E-state index contributed by atoms with van der Waals surface area (Å²) in [6, 6.07) is 6.20. The molecular formula is C16H17F2N3. The zero-order valence-corrected chi connectivity index (χ0v) is 11.9. The molecule has 0 N–H and O–H groups in total. The molecule has 3 nitrogen and oxygen atoms in total. The van der Waals surface area contributed by atoms with E-state index < -0.39 is 11.6 Å². The third kappa shape index (κ3) is 3.08. The number of likely N-dealkylation sites (tertiary alicyclic amines) is 1. The van der Waals surface area contributed by atoms with Crippen LogP contribution < -0.4 is 0 Å². The highest BCUT2D eigenvalue weighted by Gasteiger charge is 2.26. The fourth-order valence-corrected chi connectivity index (χ4v) is 2.76. The molecule has 0 spiro atoms. The van der Waals surface area contributed by atoms with Crippen molar-refractivity contribution in [2.75, 3.05) is 13.1 Å². The summed E-state index contributed by atoms with van der Waals surface area (Å²) in [5.74, 6) is -0.420. The number of rotatable bonds is 3. The van der Waals surface area contributed by atoms with E-state index in [2.05, 4.69) is 14.9 Å². The summed E-state index contributed by atoms with van der Waals surface area (Å²) in [5, 5.41) is 0. The first-order chi connectivity index (χ1) is 10.1. The molecule has 0 aliphatic carbocycles. The maximum Gasteiger partial charge on any atom is 0.163 e. The number of aromatic nitrogens is 2. The minimum atomic E-state index is -0.787. The molecule has 21 heavy (non-hydrogen) atoms. The maximum absolute atomic E-state index is 13.7. The van der Waals surface area contributed by atoms with Crippen molar-refractivity contribution in [1.82, 2.24) is 14.9 Å². The van der Waals surface area contributed by atoms with Crippen LogP contribution >= 0.6 is 0 Å². The molecule has 0 radical (unpaired) electrons. The summed E-state index contributed by atoms with van der Waals surface area (Å²) in [5.41, 5.74) is 1.36. The van der Waals surface area contributed by atoms with E-state index in [1.54, 1.807) is 18.3 Å². The van der Waals surface area contributed by atoms with Crippen molar-refractivity contribution in [3.05, 3.63) is 59.2 Å². The Morgan fingerprint density at radius 1 is 1.29 bits per heavy atom. The zero-order chi connectivity index (χ0) is 14.8. The van der Waals surface area contributed by atoms with Gasteiger partial charge in [-0.2, -0.15) is 0 Å². The normalized spacial score (nSPS) is 19.1. The molecule has 1 aliphatic heterocycles. The Bertz CT molecular complexity index is 645. The van der Waals surface area contributed by atoms with Crippen molar-refractivity contribution in [2.45, 2.75) is 25.8 Å². The van der Waals surface area contributed by atoms with Gasteiger partial charge in [0.05, 0.1) is 0 Å². The Morgan fingerprint density at radius 2 is 2.14 bits per heavy atom. The average molecular weight is 289 g/mol. The Balaban J connectivity index is 1.69. The van der Waals surface area contributed by atoms with Gasteiger partial charge in [0.2, 0.25) is 0 Å². The highest BCUT2D eigenvalue weighted by molar-refractivity contribution is 5.19. The van der Waals surface area contributed by atoms with Crippen molar-refractivity contribution in [2.24, 2.45) is 0 Å².